The number of nitrogens with two attached hydrogens (primary N) is 3. The molecule has 7 atom stereocenters. The largest absolute Gasteiger partial charge is 0.394 e. The van der Waals surface area contributed by atoms with Crippen molar-refractivity contribution in [3.05, 3.63) is 0 Å². The topological polar surface area (TPSA) is 314 Å². The van der Waals surface area contributed by atoms with E-state index in [0.717, 1.165) is 0 Å². The van der Waals surface area contributed by atoms with Crippen LogP contribution in [0.15, 0.2) is 4.99 Å². The van der Waals surface area contributed by atoms with Crippen molar-refractivity contribution in [2.45, 2.75) is 128 Å². The number of nitrogens with one attached hydrogen (secondary N) is 7. The summed E-state index contributed by atoms with van der Waals surface area (Å²) in [4.78, 5) is 99.3. The Kier molecular flexibility index (Phi) is 22.9. The zero-order chi connectivity index (χ0) is 41.7. The Balaban J connectivity index is 3.75. The van der Waals surface area contributed by atoms with Gasteiger partial charge in [-0.05, 0) is 88.7 Å². The van der Waals surface area contributed by atoms with Gasteiger partial charge in [0.25, 0.3) is 0 Å². The highest BCUT2D eigenvalue weighted by molar-refractivity contribution is 7.98. The number of nitrogens with zero attached hydrogens (tertiary/aromatic N) is 1. The van der Waals surface area contributed by atoms with E-state index in [0.29, 0.717) is 25.1 Å². The van der Waals surface area contributed by atoms with Gasteiger partial charge in [0.05, 0.1) is 6.61 Å². The first-order chi connectivity index (χ1) is 25.9. The van der Waals surface area contributed by atoms with Gasteiger partial charge >= 0.3 is 0 Å². The molecule has 1 saturated heterocycles. The third-order valence-electron chi connectivity index (χ3n) is 8.65. The lowest BCUT2D eigenvalue weighted by atomic mass is 9.99. The molecule has 14 N–H and O–H groups in total. The van der Waals surface area contributed by atoms with Crippen LogP contribution in [0.3, 0.4) is 0 Å². The third-order valence-corrected chi connectivity index (χ3v) is 9.29. The highest BCUT2D eigenvalue weighted by Crippen LogP contribution is 2.12. The number of rotatable bonds is 16. The summed E-state index contributed by atoms with van der Waals surface area (Å²) in [6.45, 7) is 8.41. The summed E-state index contributed by atoms with van der Waals surface area (Å²) < 4.78 is 0. The van der Waals surface area contributed by atoms with E-state index in [1.54, 1.807) is 0 Å². The van der Waals surface area contributed by atoms with E-state index in [1.165, 1.54) is 18.7 Å². The van der Waals surface area contributed by atoms with Gasteiger partial charge in [0.2, 0.25) is 41.4 Å². The maximum atomic E-state index is 13.9. The van der Waals surface area contributed by atoms with Crippen LogP contribution in [-0.4, -0.2) is 126 Å². The lowest BCUT2D eigenvalue weighted by Crippen LogP contribution is -2.60. The van der Waals surface area contributed by atoms with Gasteiger partial charge in [0, 0.05) is 6.54 Å². The molecule has 0 radical (unpaired) electrons. The first kappa shape index (κ1) is 48.8. The van der Waals surface area contributed by atoms with E-state index in [9.17, 15) is 38.7 Å². The van der Waals surface area contributed by atoms with Gasteiger partial charge in [-0.15, -0.1) is 0 Å². The molecule has 0 saturated carbocycles. The monoisotopic (exact) mass is 799 g/mol. The number of aliphatic hydroxyl groups excluding tert-OH is 1. The Morgan fingerprint density at radius 3 is 1.45 bits per heavy atom. The average molecular weight is 800 g/mol. The van der Waals surface area contributed by atoms with E-state index in [-0.39, 0.29) is 62.9 Å². The lowest BCUT2D eigenvalue weighted by Gasteiger charge is -2.28. The van der Waals surface area contributed by atoms with Crippen LogP contribution in [0.2, 0.25) is 0 Å². The highest BCUT2D eigenvalue weighted by atomic mass is 32.2. The van der Waals surface area contributed by atoms with Crippen molar-refractivity contribution in [3.8, 4) is 0 Å². The SMILES string of the molecule is CSCC[C@@H]1NC(=O)[C@H](CCCCN)NC(=O)[C@H](CC(C)C)NC(=O)[C@H](CC(C)C)NC(=O)[C@H](C)NC(=O)[C@H](CO)NC(=O)[C@H](CCCN=C(N)N)NC1=O. The van der Waals surface area contributed by atoms with Crippen LogP contribution in [0, 0.1) is 11.8 Å². The Labute approximate surface area is 328 Å². The Morgan fingerprint density at radius 2 is 1.02 bits per heavy atom. The van der Waals surface area contributed by atoms with Crippen molar-refractivity contribution in [2.24, 2.45) is 34.0 Å². The standard InChI is InChI=1S/C35H65N11O8S/c1-19(2)16-25-33(53)45-26(17-20(3)4)32(52)42-22(10-7-8-13-36)29(49)43-24(12-15-55-6)31(51)41-23(11-9-14-39-35(37)38)30(50)46-27(18-47)34(54)40-21(5)28(48)44-25/h19-27,47H,7-18,36H2,1-6H3,(H,40,54)(H,41,51)(H,42,52)(H,43,49)(H,44,48)(H,45,53)(H,46,50)(H4,37,38,39)/t21-,22-,23-,24-,25-,26-,27-/m0/s1. The fraction of sp³-hybridized carbons (Fsp3) is 0.771. The zero-order valence-corrected chi connectivity index (χ0v) is 33.9. The number of hydrogen-bond acceptors (Lipinski definition) is 11. The van der Waals surface area contributed by atoms with Crippen molar-refractivity contribution in [3.63, 3.8) is 0 Å². The minimum absolute atomic E-state index is 0.00338. The van der Waals surface area contributed by atoms with E-state index < -0.39 is 90.3 Å². The summed E-state index contributed by atoms with van der Waals surface area (Å²) in [6.07, 6.45) is 3.81. The smallest absolute Gasteiger partial charge is 0.245 e. The van der Waals surface area contributed by atoms with Crippen LogP contribution in [0.1, 0.15) is 86.0 Å². The number of thioether (sulfide) groups is 1. The predicted molar refractivity (Wildman–Crippen MR) is 211 cm³/mol. The summed E-state index contributed by atoms with van der Waals surface area (Å²) >= 11 is 1.43. The maximum absolute atomic E-state index is 13.9. The van der Waals surface area contributed by atoms with Crippen molar-refractivity contribution in [2.75, 3.05) is 31.7 Å². The lowest BCUT2D eigenvalue weighted by molar-refractivity contribution is -0.135. The molecule has 1 aliphatic heterocycles. The molecule has 20 heteroatoms. The molecule has 1 rings (SSSR count). The molecule has 0 aromatic carbocycles. The van der Waals surface area contributed by atoms with Crippen molar-refractivity contribution < 1.29 is 38.7 Å². The van der Waals surface area contributed by atoms with E-state index >= 15 is 0 Å². The molecule has 1 aliphatic rings. The Morgan fingerprint density at radius 1 is 0.618 bits per heavy atom. The average Bonchev–Trinajstić information content (AvgIpc) is 3.11. The Hall–Kier alpha value is -4.17. The number of aliphatic imine (C=N–C) groups is 1. The van der Waals surface area contributed by atoms with Gasteiger partial charge in [-0.25, -0.2) is 0 Å². The summed E-state index contributed by atoms with van der Waals surface area (Å²) in [5.41, 5.74) is 16.6. The van der Waals surface area contributed by atoms with E-state index in [4.69, 9.17) is 17.2 Å². The van der Waals surface area contributed by atoms with Crippen LogP contribution in [0.5, 0.6) is 0 Å². The second kappa shape index (κ2) is 25.8. The molecule has 7 amide bonds. The molecule has 314 valence electrons. The van der Waals surface area contributed by atoms with Gasteiger partial charge < -0.3 is 59.5 Å². The highest BCUT2D eigenvalue weighted by Gasteiger charge is 2.35. The molecule has 0 bridgehead atoms. The van der Waals surface area contributed by atoms with Gasteiger partial charge in [-0.2, -0.15) is 11.8 Å². The van der Waals surface area contributed by atoms with Crippen LogP contribution in [-0.2, 0) is 33.6 Å². The van der Waals surface area contributed by atoms with Crippen LogP contribution < -0.4 is 54.4 Å². The molecule has 1 heterocycles. The molecule has 0 spiro atoms. The Bertz CT molecular complexity index is 1310. The van der Waals surface area contributed by atoms with Crippen LogP contribution in [0.25, 0.3) is 0 Å². The van der Waals surface area contributed by atoms with Crippen LogP contribution in [0.4, 0.5) is 0 Å². The molecule has 0 unspecified atom stereocenters. The number of amides is 7. The van der Waals surface area contributed by atoms with E-state index in [2.05, 4.69) is 42.2 Å². The van der Waals surface area contributed by atoms with E-state index in [1.807, 2.05) is 34.0 Å². The minimum Gasteiger partial charge on any atom is -0.394 e. The fourth-order valence-corrected chi connectivity index (χ4v) is 6.15. The van der Waals surface area contributed by atoms with Crippen LogP contribution >= 0.6 is 11.8 Å². The number of unbranched alkanes of at least 4 members (excludes halogenated alkanes) is 1. The second-order valence-electron chi connectivity index (χ2n) is 14.6. The molecule has 1 fully saturated rings. The van der Waals surface area contributed by atoms with Crippen molar-refractivity contribution in [1.82, 2.24) is 37.2 Å². The van der Waals surface area contributed by atoms with Gasteiger partial charge in [-0.1, -0.05) is 27.7 Å². The minimum atomic E-state index is -1.53. The number of carbonyl (C=O) groups excluding carboxylic acids is 7. The molecule has 0 aliphatic carbocycles. The normalized spacial score (nSPS) is 25.4. The number of guanidine groups is 1. The van der Waals surface area contributed by atoms with Crippen molar-refractivity contribution >= 4 is 59.1 Å². The second-order valence-corrected chi connectivity index (χ2v) is 15.5. The maximum Gasteiger partial charge on any atom is 0.245 e. The molecular formula is C35H65N11O8S. The third kappa shape index (κ3) is 18.8. The van der Waals surface area contributed by atoms with Crippen molar-refractivity contribution in [1.29, 1.82) is 0 Å². The molecular weight excluding hydrogens is 735 g/mol. The quantitative estimate of drug-likeness (QED) is 0.0436. The molecule has 55 heavy (non-hydrogen) atoms. The molecule has 19 nitrogen and oxygen atoms in total. The summed E-state index contributed by atoms with van der Waals surface area (Å²) in [6, 6.07) is -8.46. The van der Waals surface area contributed by atoms with Gasteiger partial charge in [0.15, 0.2) is 5.96 Å². The van der Waals surface area contributed by atoms with Gasteiger partial charge in [-0.3, -0.25) is 38.6 Å². The molecule has 0 aromatic heterocycles. The first-order valence-electron chi connectivity index (χ1n) is 18.9. The predicted octanol–water partition coefficient (Wildman–Crippen LogP) is -2.57. The van der Waals surface area contributed by atoms with Gasteiger partial charge in [0.1, 0.15) is 42.3 Å². The first-order valence-corrected chi connectivity index (χ1v) is 20.3. The number of carbonyl (C=O) groups is 7. The summed E-state index contributed by atoms with van der Waals surface area (Å²) in [7, 11) is 0. The fourth-order valence-electron chi connectivity index (χ4n) is 5.68. The zero-order valence-electron chi connectivity index (χ0n) is 33.1. The summed E-state index contributed by atoms with van der Waals surface area (Å²) in [5, 5.41) is 28.5. The molecule has 0 aromatic rings. The number of aliphatic hydroxyl groups is 1. The number of hydrogen-bond donors (Lipinski definition) is 11. The summed E-state index contributed by atoms with van der Waals surface area (Å²) in [5.74, 6) is -4.96.